The van der Waals surface area contributed by atoms with Crippen molar-refractivity contribution in [3.63, 3.8) is 0 Å². The van der Waals surface area contributed by atoms with Gasteiger partial charge >= 0.3 is 6.36 Å². The summed E-state index contributed by atoms with van der Waals surface area (Å²) in [5.74, 6) is -0.192. The number of ether oxygens (including phenoxy) is 1. The molecule has 0 saturated heterocycles. The summed E-state index contributed by atoms with van der Waals surface area (Å²) in [5, 5.41) is 0. The van der Waals surface area contributed by atoms with Gasteiger partial charge in [0.15, 0.2) is 9.84 Å². The molecule has 0 unspecified atom stereocenters. The van der Waals surface area contributed by atoms with Crippen LogP contribution in [0.2, 0.25) is 0 Å². The molecule has 3 aromatic rings. The molecule has 1 aliphatic heterocycles. The number of halogens is 3. The van der Waals surface area contributed by atoms with Gasteiger partial charge < -0.3 is 9.30 Å². The van der Waals surface area contributed by atoms with E-state index in [9.17, 15) is 21.6 Å². The van der Waals surface area contributed by atoms with E-state index in [1.165, 1.54) is 35.0 Å². The van der Waals surface area contributed by atoms with Gasteiger partial charge in [-0.15, -0.1) is 13.2 Å². The lowest BCUT2D eigenvalue weighted by Gasteiger charge is -2.21. The zero-order chi connectivity index (χ0) is 20.1. The maximum Gasteiger partial charge on any atom is 0.573 e. The van der Waals surface area contributed by atoms with Crippen molar-refractivity contribution in [3.8, 4) is 28.4 Å². The standard InChI is InChI=1S/C19H13F3N2O3S/c1-2-12-3-8-15-17(9-12)28(25,26)11-24-16(10-23-18(15)24)13-4-6-14(7-5-13)27-19(20,21)22/h2-10H,1,11H2. The highest BCUT2D eigenvalue weighted by molar-refractivity contribution is 7.90. The van der Waals surface area contributed by atoms with E-state index in [1.54, 1.807) is 24.3 Å². The van der Waals surface area contributed by atoms with Crippen LogP contribution in [0.5, 0.6) is 5.75 Å². The number of nitrogens with zero attached hydrogens (tertiary/aromatic N) is 2. The van der Waals surface area contributed by atoms with Crippen LogP contribution in [0.15, 0.2) is 60.1 Å². The van der Waals surface area contributed by atoms with Crippen LogP contribution in [0.1, 0.15) is 5.56 Å². The zero-order valence-corrected chi connectivity index (χ0v) is 15.1. The number of fused-ring (bicyclic) bond motifs is 3. The fourth-order valence-corrected chi connectivity index (χ4v) is 4.68. The molecule has 0 bridgehead atoms. The summed E-state index contributed by atoms with van der Waals surface area (Å²) in [4.78, 5) is 4.52. The summed E-state index contributed by atoms with van der Waals surface area (Å²) in [5.41, 5.74) is 2.16. The van der Waals surface area contributed by atoms with Crippen molar-refractivity contribution in [1.29, 1.82) is 0 Å². The van der Waals surface area contributed by atoms with Crippen LogP contribution < -0.4 is 4.74 Å². The molecule has 0 amide bonds. The molecule has 1 aromatic heterocycles. The van der Waals surface area contributed by atoms with E-state index < -0.39 is 16.2 Å². The fraction of sp³-hybridized carbons (Fsp3) is 0.105. The van der Waals surface area contributed by atoms with Crippen molar-refractivity contribution >= 4 is 15.9 Å². The third-order valence-corrected chi connectivity index (χ3v) is 5.96. The Balaban J connectivity index is 1.78. The molecule has 0 saturated carbocycles. The maximum absolute atomic E-state index is 12.8. The molecule has 28 heavy (non-hydrogen) atoms. The van der Waals surface area contributed by atoms with E-state index in [-0.39, 0.29) is 16.5 Å². The van der Waals surface area contributed by atoms with E-state index in [1.807, 2.05) is 0 Å². The lowest BCUT2D eigenvalue weighted by Crippen LogP contribution is -2.19. The minimum Gasteiger partial charge on any atom is -0.406 e. The number of sulfone groups is 1. The highest BCUT2D eigenvalue weighted by Gasteiger charge is 2.32. The second kappa shape index (κ2) is 6.23. The summed E-state index contributed by atoms with van der Waals surface area (Å²) in [6.45, 7) is 3.65. The van der Waals surface area contributed by atoms with Gasteiger partial charge in [-0.2, -0.15) is 0 Å². The first-order valence-corrected chi connectivity index (χ1v) is 9.74. The van der Waals surface area contributed by atoms with Gasteiger partial charge in [0.1, 0.15) is 17.5 Å². The SMILES string of the molecule is C=Cc1ccc2c(c1)S(=O)(=O)Cn1c(-c3ccc(OC(F)(F)F)cc3)cnc1-2. The first-order chi connectivity index (χ1) is 13.2. The quantitative estimate of drug-likeness (QED) is 0.643. The van der Waals surface area contributed by atoms with E-state index in [2.05, 4.69) is 16.3 Å². The zero-order valence-electron chi connectivity index (χ0n) is 14.3. The Labute approximate surface area is 158 Å². The lowest BCUT2D eigenvalue weighted by molar-refractivity contribution is -0.274. The van der Waals surface area contributed by atoms with E-state index in [4.69, 9.17) is 0 Å². The Kier molecular flexibility index (Phi) is 4.07. The maximum atomic E-state index is 12.8. The van der Waals surface area contributed by atoms with E-state index in [0.717, 1.165) is 0 Å². The number of hydrogen-bond acceptors (Lipinski definition) is 4. The summed E-state index contributed by atoms with van der Waals surface area (Å²) in [7, 11) is -3.62. The van der Waals surface area contributed by atoms with Gasteiger partial charge in [-0.3, -0.25) is 0 Å². The predicted octanol–water partition coefficient (Wildman–Crippen LogP) is 4.50. The molecule has 0 aliphatic carbocycles. The topological polar surface area (TPSA) is 61.2 Å². The summed E-state index contributed by atoms with van der Waals surface area (Å²) < 4.78 is 67.9. The van der Waals surface area contributed by atoms with Crippen molar-refractivity contribution in [1.82, 2.24) is 9.55 Å². The molecular formula is C19H13F3N2O3S. The molecule has 0 fully saturated rings. The van der Waals surface area contributed by atoms with Crippen LogP contribution in [0.4, 0.5) is 13.2 Å². The summed E-state index contributed by atoms with van der Waals surface area (Å²) in [6.07, 6.45) is -1.72. The third kappa shape index (κ3) is 3.18. The number of benzene rings is 2. The first-order valence-electron chi connectivity index (χ1n) is 8.09. The molecule has 2 heterocycles. The normalized spacial score (nSPS) is 14.8. The van der Waals surface area contributed by atoms with Gasteiger partial charge in [0, 0.05) is 11.1 Å². The number of aromatic nitrogens is 2. The number of hydrogen-bond donors (Lipinski definition) is 0. The molecule has 144 valence electrons. The third-order valence-electron chi connectivity index (χ3n) is 4.36. The minimum atomic E-state index is -4.78. The van der Waals surface area contributed by atoms with Gasteiger partial charge in [-0.1, -0.05) is 18.7 Å². The minimum absolute atomic E-state index is 0.184. The molecule has 2 aromatic carbocycles. The Hall–Kier alpha value is -3.07. The molecule has 0 atom stereocenters. The van der Waals surface area contributed by atoms with Crippen LogP contribution in [-0.4, -0.2) is 24.3 Å². The molecule has 1 aliphatic rings. The number of alkyl halides is 3. The van der Waals surface area contributed by atoms with Crippen molar-refractivity contribution in [2.45, 2.75) is 17.1 Å². The van der Waals surface area contributed by atoms with Crippen molar-refractivity contribution in [2.24, 2.45) is 0 Å². The molecule has 4 rings (SSSR count). The summed E-state index contributed by atoms with van der Waals surface area (Å²) in [6, 6.07) is 10.2. The average Bonchev–Trinajstić information content (AvgIpc) is 3.03. The largest absolute Gasteiger partial charge is 0.573 e. The van der Waals surface area contributed by atoms with Crippen LogP contribution in [0, 0.1) is 0 Å². The smallest absolute Gasteiger partial charge is 0.406 e. The van der Waals surface area contributed by atoms with Gasteiger partial charge in [0.05, 0.1) is 16.8 Å². The van der Waals surface area contributed by atoms with Crippen LogP contribution >= 0.6 is 0 Å². The van der Waals surface area contributed by atoms with Crippen LogP contribution in [-0.2, 0) is 15.7 Å². The summed E-state index contributed by atoms with van der Waals surface area (Å²) >= 11 is 0. The molecule has 9 heteroatoms. The molecule has 0 N–H and O–H groups in total. The second-order valence-corrected chi connectivity index (χ2v) is 8.10. The monoisotopic (exact) mass is 406 g/mol. The average molecular weight is 406 g/mol. The highest BCUT2D eigenvalue weighted by atomic mass is 32.2. The van der Waals surface area contributed by atoms with E-state index >= 15 is 0 Å². The van der Waals surface area contributed by atoms with Crippen molar-refractivity contribution in [2.75, 3.05) is 0 Å². The van der Waals surface area contributed by atoms with Crippen molar-refractivity contribution in [3.05, 3.63) is 60.8 Å². The Morgan fingerprint density at radius 2 is 1.86 bits per heavy atom. The lowest BCUT2D eigenvalue weighted by atomic mass is 10.1. The van der Waals surface area contributed by atoms with Gasteiger partial charge in [0.25, 0.3) is 0 Å². The van der Waals surface area contributed by atoms with Crippen LogP contribution in [0.3, 0.4) is 0 Å². The van der Waals surface area contributed by atoms with E-state index in [0.29, 0.717) is 28.2 Å². The molecule has 0 spiro atoms. The Morgan fingerprint density at radius 1 is 1.14 bits per heavy atom. The molecule has 0 radical (unpaired) electrons. The molecular weight excluding hydrogens is 393 g/mol. The highest BCUT2D eigenvalue weighted by Crippen LogP contribution is 2.37. The molecule has 5 nitrogen and oxygen atoms in total. The van der Waals surface area contributed by atoms with Crippen LogP contribution in [0.25, 0.3) is 28.7 Å². The van der Waals surface area contributed by atoms with Gasteiger partial charge in [0.2, 0.25) is 0 Å². The first kappa shape index (κ1) is 18.3. The van der Waals surface area contributed by atoms with Gasteiger partial charge in [-0.05, 0) is 42.0 Å². The second-order valence-electron chi connectivity index (χ2n) is 6.17. The van der Waals surface area contributed by atoms with Crippen molar-refractivity contribution < 1.29 is 26.3 Å². The Bertz CT molecular complexity index is 1180. The predicted molar refractivity (Wildman–Crippen MR) is 97.1 cm³/mol. The number of rotatable bonds is 3. The Morgan fingerprint density at radius 3 is 2.50 bits per heavy atom. The van der Waals surface area contributed by atoms with Gasteiger partial charge in [-0.25, -0.2) is 13.4 Å². The number of imidazole rings is 1. The fourth-order valence-electron chi connectivity index (χ4n) is 3.13.